The summed E-state index contributed by atoms with van der Waals surface area (Å²) in [5.74, 6) is -0.657. The minimum Gasteiger partial charge on any atom is -0.490 e. The van der Waals surface area contributed by atoms with Gasteiger partial charge in [-0.3, -0.25) is 4.79 Å². The second kappa shape index (κ2) is 12.2. The van der Waals surface area contributed by atoms with Gasteiger partial charge in [0.05, 0.1) is 17.8 Å². The molecule has 9 nitrogen and oxygen atoms in total. The zero-order valence-corrected chi connectivity index (χ0v) is 19.3. The highest BCUT2D eigenvalue weighted by molar-refractivity contribution is 6.00. The maximum absolute atomic E-state index is 12.2. The fourth-order valence-corrected chi connectivity index (χ4v) is 3.27. The first-order chi connectivity index (χ1) is 16.8. The number of nitrogens with two attached hydrogens (primary N) is 1. The lowest BCUT2D eigenvalue weighted by molar-refractivity contribution is -0.117. The molecule has 0 saturated carbocycles. The van der Waals surface area contributed by atoms with E-state index in [0.717, 1.165) is 16.8 Å². The SMILES string of the molecule is Cc1ccccc1NC(=O)Nc1ccc(CC(=O)CNCCOc2ccc(C(=O)O)cc2N)cc1. The number of carboxylic acid groups (broad SMARTS) is 1. The molecule has 6 N–H and O–H groups in total. The van der Waals surface area contributed by atoms with Crippen molar-refractivity contribution in [1.82, 2.24) is 5.32 Å². The number of carbonyl (C=O) groups is 3. The van der Waals surface area contributed by atoms with E-state index in [9.17, 15) is 14.4 Å². The lowest BCUT2D eigenvalue weighted by Crippen LogP contribution is -2.28. The van der Waals surface area contributed by atoms with Gasteiger partial charge in [0.1, 0.15) is 12.4 Å². The molecule has 3 aromatic carbocycles. The van der Waals surface area contributed by atoms with Crippen molar-refractivity contribution in [3.8, 4) is 5.75 Å². The van der Waals surface area contributed by atoms with Gasteiger partial charge in [-0.15, -0.1) is 0 Å². The number of Topliss-reactive ketones (excluding diaryl/α,β-unsaturated/α-hetero) is 1. The minimum atomic E-state index is -1.06. The Bertz CT molecular complexity index is 1190. The minimum absolute atomic E-state index is 0.00771. The normalized spacial score (nSPS) is 10.4. The Hall–Kier alpha value is -4.37. The van der Waals surface area contributed by atoms with Crippen molar-refractivity contribution in [2.45, 2.75) is 13.3 Å². The number of amides is 2. The highest BCUT2D eigenvalue weighted by atomic mass is 16.5. The number of anilines is 3. The van der Waals surface area contributed by atoms with E-state index < -0.39 is 5.97 Å². The summed E-state index contributed by atoms with van der Waals surface area (Å²) < 4.78 is 5.53. The van der Waals surface area contributed by atoms with Crippen LogP contribution >= 0.6 is 0 Å². The number of carbonyl (C=O) groups excluding carboxylic acids is 2. The fraction of sp³-hybridized carbons (Fsp3) is 0.192. The Labute approximate surface area is 203 Å². The summed E-state index contributed by atoms with van der Waals surface area (Å²) in [6.07, 6.45) is 0.257. The third kappa shape index (κ3) is 7.86. The topological polar surface area (TPSA) is 143 Å². The summed E-state index contributed by atoms with van der Waals surface area (Å²) in [6, 6.07) is 18.5. The molecule has 0 fully saturated rings. The van der Waals surface area contributed by atoms with Crippen molar-refractivity contribution in [2.24, 2.45) is 0 Å². The van der Waals surface area contributed by atoms with E-state index >= 15 is 0 Å². The number of rotatable bonds is 11. The summed E-state index contributed by atoms with van der Waals surface area (Å²) in [4.78, 5) is 35.4. The number of nitrogen functional groups attached to an aromatic ring is 1. The third-order valence-corrected chi connectivity index (χ3v) is 5.12. The van der Waals surface area contributed by atoms with Crippen LogP contribution in [0.2, 0.25) is 0 Å². The van der Waals surface area contributed by atoms with Gasteiger partial charge in [0.2, 0.25) is 0 Å². The molecular weight excluding hydrogens is 448 g/mol. The van der Waals surface area contributed by atoms with Gasteiger partial charge in [-0.2, -0.15) is 0 Å². The molecule has 0 aromatic heterocycles. The lowest BCUT2D eigenvalue weighted by atomic mass is 10.1. The molecule has 0 atom stereocenters. The molecule has 0 unspecified atom stereocenters. The Morgan fingerprint density at radius 3 is 2.40 bits per heavy atom. The van der Waals surface area contributed by atoms with Crippen LogP contribution in [0.4, 0.5) is 21.9 Å². The van der Waals surface area contributed by atoms with E-state index in [2.05, 4.69) is 16.0 Å². The van der Waals surface area contributed by atoms with Crippen molar-refractivity contribution in [3.63, 3.8) is 0 Å². The first-order valence-electron chi connectivity index (χ1n) is 11.0. The Balaban J connectivity index is 1.36. The van der Waals surface area contributed by atoms with Crippen molar-refractivity contribution in [1.29, 1.82) is 0 Å². The number of para-hydroxylation sites is 1. The summed E-state index contributed by atoms with van der Waals surface area (Å²) in [5, 5.41) is 17.5. The molecule has 0 aliphatic heterocycles. The zero-order chi connectivity index (χ0) is 25.2. The van der Waals surface area contributed by atoms with Crippen LogP contribution < -0.4 is 26.4 Å². The Morgan fingerprint density at radius 2 is 1.71 bits per heavy atom. The van der Waals surface area contributed by atoms with E-state index in [1.54, 1.807) is 24.3 Å². The maximum atomic E-state index is 12.2. The second-order valence-electron chi connectivity index (χ2n) is 7.89. The first kappa shape index (κ1) is 25.3. The Morgan fingerprint density at radius 1 is 0.971 bits per heavy atom. The van der Waals surface area contributed by atoms with Crippen LogP contribution in [-0.2, 0) is 11.2 Å². The number of hydrogen-bond donors (Lipinski definition) is 5. The highest BCUT2D eigenvalue weighted by Crippen LogP contribution is 2.22. The predicted octanol–water partition coefficient (Wildman–Crippen LogP) is 3.70. The largest absolute Gasteiger partial charge is 0.490 e. The van der Waals surface area contributed by atoms with Crippen molar-refractivity contribution in [3.05, 3.63) is 83.4 Å². The van der Waals surface area contributed by atoms with Crippen LogP contribution in [0.3, 0.4) is 0 Å². The molecule has 0 radical (unpaired) electrons. The Kier molecular flexibility index (Phi) is 8.80. The molecule has 2 amide bonds. The van der Waals surface area contributed by atoms with Gasteiger partial charge in [0, 0.05) is 24.3 Å². The smallest absolute Gasteiger partial charge is 0.335 e. The third-order valence-electron chi connectivity index (χ3n) is 5.12. The lowest BCUT2D eigenvalue weighted by Gasteiger charge is -2.11. The molecule has 182 valence electrons. The molecule has 0 saturated heterocycles. The molecule has 9 heteroatoms. The van der Waals surface area contributed by atoms with Crippen LogP contribution in [0.1, 0.15) is 21.5 Å². The van der Waals surface area contributed by atoms with Crippen molar-refractivity contribution < 1.29 is 24.2 Å². The average Bonchev–Trinajstić information content (AvgIpc) is 2.82. The number of benzene rings is 3. The number of urea groups is 1. The van der Waals surface area contributed by atoms with Gasteiger partial charge >= 0.3 is 12.0 Å². The zero-order valence-electron chi connectivity index (χ0n) is 19.3. The number of hydrogen-bond acceptors (Lipinski definition) is 6. The number of ether oxygens (including phenoxy) is 1. The van der Waals surface area contributed by atoms with Gasteiger partial charge < -0.3 is 31.5 Å². The molecule has 35 heavy (non-hydrogen) atoms. The van der Waals surface area contributed by atoms with Gasteiger partial charge in [0.15, 0.2) is 5.78 Å². The summed E-state index contributed by atoms with van der Waals surface area (Å²) in [5.41, 5.74) is 9.30. The average molecular weight is 477 g/mol. The quantitative estimate of drug-likeness (QED) is 0.210. The maximum Gasteiger partial charge on any atom is 0.335 e. The summed E-state index contributed by atoms with van der Waals surface area (Å²) >= 11 is 0. The monoisotopic (exact) mass is 476 g/mol. The predicted molar refractivity (Wildman–Crippen MR) is 135 cm³/mol. The van der Waals surface area contributed by atoms with E-state index in [1.807, 2.05) is 31.2 Å². The van der Waals surface area contributed by atoms with Crippen LogP contribution in [0.5, 0.6) is 5.75 Å². The van der Waals surface area contributed by atoms with Gasteiger partial charge in [-0.05, 0) is 54.4 Å². The number of aromatic carboxylic acids is 1. The highest BCUT2D eigenvalue weighted by Gasteiger charge is 2.08. The molecule has 0 aliphatic rings. The van der Waals surface area contributed by atoms with Crippen LogP contribution in [-0.4, -0.2) is 42.6 Å². The molecule has 3 rings (SSSR count). The van der Waals surface area contributed by atoms with Gasteiger partial charge in [-0.25, -0.2) is 9.59 Å². The number of aryl methyl sites for hydroxylation is 1. The van der Waals surface area contributed by atoms with Gasteiger partial charge in [-0.1, -0.05) is 30.3 Å². The second-order valence-corrected chi connectivity index (χ2v) is 7.89. The number of nitrogens with one attached hydrogen (secondary N) is 3. The molecular formula is C26H28N4O5. The molecule has 3 aromatic rings. The molecule has 0 aliphatic carbocycles. The molecule has 0 bridgehead atoms. The molecule has 0 heterocycles. The van der Waals surface area contributed by atoms with E-state index in [0.29, 0.717) is 18.0 Å². The van der Waals surface area contributed by atoms with Crippen molar-refractivity contribution in [2.75, 3.05) is 36.1 Å². The standard InChI is InChI=1S/C26H28N4O5/c1-17-4-2-3-5-23(17)30-26(34)29-20-9-6-18(7-10-20)14-21(31)16-28-12-13-35-24-11-8-19(25(32)33)15-22(24)27/h2-11,15,28H,12-14,16,27H2,1H3,(H,32,33)(H2,29,30,34). The van der Waals surface area contributed by atoms with Gasteiger partial charge in [0.25, 0.3) is 0 Å². The fourth-order valence-electron chi connectivity index (χ4n) is 3.27. The number of carboxylic acids is 1. The van der Waals surface area contributed by atoms with E-state index in [1.165, 1.54) is 18.2 Å². The summed E-state index contributed by atoms with van der Waals surface area (Å²) in [6.45, 7) is 2.79. The van der Waals surface area contributed by atoms with Crippen LogP contribution in [0, 0.1) is 6.92 Å². The number of ketones is 1. The van der Waals surface area contributed by atoms with Crippen LogP contribution in [0.15, 0.2) is 66.7 Å². The summed E-state index contributed by atoms with van der Waals surface area (Å²) in [7, 11) is 0. The molecule has 0 spiro atoms. The van der Waals surface area contributed by atoms with Crippen LogP contribution in [0.25, 0.3) is 0 Å². The van der Waals surface area contributed by atoms with Crippen molar-refractivity contribution >= 4 is 34.8 Å². The van der Waals surface area contributed by atoms with E-state index in [4.69, 9.17) is 15.6 Å². The van der Waals surface area contributed by atoms with E-state index in [-0.39, 0.29) is 42.6 Å². The first-order valence-corrected chi connectivity index (χ1v) is 11.0.